The number of fused-ring (bicyclic) bond motifs is 2. The third kappa shape index (κ3) is 3.41. The van der Waals surface area contributed by atoms with Crippen molar-refractivity contribution in [2.45, 2.75) is 71.4 Å². The lowest BCUT2D eigenvalue weighted by Gasteiger charge is -2.33. The molecule has 3 aliphatic rings. The summed E-state index contributed by atoms with van der Waals surface area (Å²) < 4.78 is 18.7. The molecule has 3 aliphatic heterocycles. The van der Waals surface area contributed by atoms with Gasteiger partial charge >= 0.3 is 0 Å². The molecule has 0 radical (unpaired) electrons. The van der Waals surface area contributed by atoms with Gasteiger partial charge in [-0.15, -0.1) is 17.3 Å². The average Bonchev–Trinajstić information content (AvgIpc) is 2.95. The van der Waals surface area contributed by atoms with Gasteiger partial charge in [-0.3, -0.25) is 0 Å². The topological polar surface area (TPSA) is 27.7 Å². The van der Waals surface area contributed by atoms with Gasteiger partial charge in [-0.05, 0) is 19.4 Å². The molecule has 8 atom stereocenters. The second-order valence-electron chi connectivity index (χ2n) is 6.05. The molecule has 0 N–H and O–H groups in total. The predicted octanol–water partition coefficient (Wildman–Crippen LogP) is 4.64. The number of hydrogen-bond donors (Lipinski definition) is 0. The van der Waals surface area contributed by atoms with Gasteiger partial charge < -0.3 is 14.2 Å². The summed E-state index contributed by atoms with van der Waals surface area (Å²) in [6.07, 6.45) is 4.07. The lowest BCUT2D eigenvalue weighted by molar-refractivity contribution is -0.224. The first-order valence-corrected chi connectivity index (χ1v) is 10.6. The average molecular weight is 521 g/mol. The molecular formula is C15H18Br3ClO3. The summed E-state index contributed by atoms with van der Waals surface area (Å²) >= 11 is 17.3. The quantitative estimate of drug-likeness (QED) is 0.372. The Hall–Kier alpha value is 1.13. The molecule has 0 aliphatic carbocycles. The largest absolute Gasteiger partial charge is 0.369 e. The van der Waals surface area contributed by atoms with Gasteiger partial charge in [0, 0.05) is 17.8 Å². The molecule has 22 heavy (non-hydrogen) atoms. The van der Waals surface area contributed by atoms with Crippen LogP contribution in [0.15, 0.2) is 16.8 Å². The summed E-state index contributed by atoms with van der Waals surface area (Å²) in [6, 6.07) is 0. The fourth-order valence-electron chi connectivity index (χ4n) is 3.40. The first kappa shape index (κ1) is 17.9. The minimum atomic E-state index is -0.607. The van der Waals surface area contributed by atoms with E-state index in [4.69, 9.17) is 25.8 Å². The Kier molecular flexibility index (Phi) is 5.84. The van der Waals surface area contributed by atoms with Crippen molar-refractivity contribution in [3.8, 4) is 0 Å². The molecule has 7 heteroatoms. The Morgan fingerprint density at radius 1 is 1.23 bits per heavy atom. The van der Waals surface area contributed by atoms with Crippen LogP contribution in [0, 0.1) is 0 Å². The van der Waals surface area contributed by atoms with Crippen LogP contribution in [0.25, 0.3) is 0 Å². The van der Waals surface area contributed by atoms with E-state index in [9.17, 15) is 0 Å². The van der Waals surface area contributed by atoms with Crippen molar-refractivity contribution in [1.29, 1.82) is 0 Å². The van der Waals surface area contributed by atoms with Crippen LogP contribution in [0.4, 0.5) is 0 Å². The maximum absolute atomic E-state index is 6.54. The zero-order chi connectivity index (χ0) is 15.9. The molecular weight excluding hydrogens is 503 g/mol. The van der Waals surface area contributed by atoms with Crippen molar-refractivity contribution >= 4 is 59.4 Å². The molecule has 3 bridgehead atoms. The lowest BCUT2D eigenvalue weighted by atomic mass is 10.0. The Labute approximate surface area is 161 Å². The van der Waals surface area contributed by atoms with Crippen LogP contribution < -0.4 is 0 Å². The standard InChI is InChI=1S/C15H18Br3ClO3/c1-8-14(18)12-6-13(17)15(22-12)7-10(19)11(21-15)5-9(20-8)3-2-4-16/h3-4,8-14H,5-7H2,1H3/t2?,8-,9+,10+,11-,12+,13-,14-,15-/m0/s1. The summed E-state index contributed by atoms with van der Waals surface area (Å²) in [4.78, 5) is 1.95. The fourth-order valence-corrected chi connectivity index (χ4v) is 5.14. The summed E-state index contributed by atoms with van der Waals surface area (Å²) in [6.45, 7) is 2.07. The van der Waals surface area contributed by atoms with Gasteiger partial charge in [-0.2, -0.15) is 0 Å². The summed E-state index contributed by atoms with van der Waals surface area (Å²) in [5.41, 5.74) is 3.04. The summed E-state index contributed by atoms with van der Waals surface area (Å²) in [5.74, 6) is -0.607. The highest BCUT2D eigenvalue weighted by molar-refractivity contribution is 9.11. The number of rotatable bonds is 1. The van der Waals surface area contributed by atoms with Crippen molar-refractivity contribution < 1.29 is 14.2 Å². The molecule has 3 nitrogen and oxygen atoms in total. The maximum atomic E-state index is 6.54. The zero-order valence-electron chi connectivity index (χ0n) is 12.1. The molecule has 0 unspecified atom stereocenters. The minimum absolute atomic E-state index is 0.0181. The van der Waals surface area contributed by atoms with E-state index in [-0.39, 0.29) is 39.4 Å². The van der Waals surface area contributed by atoms with Gasteiger partial charge in [0.05, 0.1) is 39.4 Å². The molecule has 124 valence electrons. The van der Waals surface area contributed by atoms with Gasteiger partial charge in [0.2, 0.25) is 0 Å². The molecule has 1 spiro atoms. The monoisotopic (exact) mass is 518 g/mol. The van der Waals surface area contributed by atoms with Crippen LogP contribution in [0.3, 0.4) is 0 Å². The minimum Gasteiger partial charge on any atom is -0.369 e. The van der Waals surface area contributed by atoms with E-state index in [1.807, 2.05) is 6.08 Å². The van der Waals surface area contributed by atoms with Gasteiger partial charge in [0.1, 0.15) is 0 Å². The zero-order valence-corrected chi connectivity index (χ0v) is 17.6. The highest BCUT2D eigenvalue weighted by atomic mass is 79.9. The van der Waals surface area contributed by atoms with Gasteiger partial charge in [-0.25, -0.2) is 0 Å². The third-order valence-electron chi connectivity index (χ3n) is 4.50. The Balaban J connectivity index is 1.90. The van der Waals surface area contributed by atoms with Crippen molar-refractivity contribution in [3.63, 3.8) is 0 Å². The van der Waals surface area contributed by atoms with E-state index in [0.717, 1.165) is 6.42 Å². The Morgan fingerprint density at radius 2 is 1.95 bits per heavy atom. The molecule has 3 saturated heterocycles. The number of hydrogen-bond acceptors (Lipinski definition) is 3. The molecule has 3 heterocycles. The van der Waals surface area contributed by atoms with E-state index in [2.05, 4.69) is 60.4 Å². The van der Waals surface area contributed by atoms with Crippen LogP contribution in [-0.2, 0) is 14.2 Å². The first-order valence-electron chi connectivity index (χ1n) is 7.40. The third-order valence-corrected chi connectivity index (χ3v) is 7.61. The van der Waals surface area contributed by atoms with E-state index < -0.39 is 5.79 Å². The van der Waals surface area contributed by atoms with Crippen LogP contribution in [-0.4, -0.2) is 45.2 Å². The van der Waals surface area contributed by atoms with Gasteiger partial charge in [0.25, 0.3) is 0 Å². The number of alkyl halides is 3. The highest BCUT2D eigenvalue weighted by Gasteiger charge is 2.58. The van der Waals surface area contributed by atoms with Crippen molar-refractivity contribution in [2.24, 2.45) is 0 Å². The second kappa shape index (κ2) is 7.17. The molecule has 0 aromatic rings. The summed E-state index contributed by atoms with van der Waals surface area (Å²) in [5, 5.41) is -0.0755. The molecule has 0 aromatic heterocycles. The number of ether oxygens (including phenoxy) is 3. The van der Waals surface area contributed by atoms with Crippen molar-refractivity contribution in [2.75, 3.05) is 0 Å². The van der Waals surface area contributed by atoms with E-state index in [1.165, 1.54) is 0 Å². The normalized spacial score (nSPS) is 51.2. The first-order chi connectivity index (χ1) is 10.4. The Morgan fingerprint density at radius 3 is 2.68 bits per heavy atom. The van der Waals surface area contributed by atoms with E-state index in [1.54, 1.807) is 4.99 Å². The fraction of sp³-hybridized carbons (Fsp3) is 0.800. The SMILES string of the molecule is C[C@@H]1O[C@H](C=C=CBr)C[C@@H]2O[C@@]3(C[C@H]2Cl)O[C@H](C[C@@H]3Br)[C@H]1Br. The highest BCUT2D eigenvalue weighted by Crippen LogP contribution is 2.50. The molecule has 0 saturated carbocycles. The van der Waals surface area contributed by atoms with Crippen LogP contribution in [0.5, 0.6) is 0 Å². The van der Waals surface area contributed by atoms with Crippen molar-refractivity contribution in [1.82, 2.24) is 0 Å². The van der Waals surface area contributed by atoms with Crippen LogP contribution in [0.2, 0.25) is 0 Å². The molecule has 3 fully saturated rings. The summed E-state index contributed by atoms with van der Waals surface area (Å²) in [7, 11) is 0. The van der Waals surface area contributed by atoms with Crippen LogP contribution >= 0.6 is 59.4 Å². The maximum Gasteiger partial charge on any atom is 0.183 e. The molecule has 0 amide bonds. The number of halogens is 4. The van der Waals surface area contributed by atoms with Gasteiger partial charge in [-0.1, -0.05) is 47.8 Å². The van der Waals surface area contributed by atoms with E-state index in [0.29, 0.717) is 12.8 Å². The molecule has 0 aromatic carbocycles. The van der Waals surface area contributed by atoms with Crippen LogP contribution in [0.1, 0.15) is 26.2 Å². The molecule has 3 rings (SSSR count). The predicted molar refractivity (Wildman–Crippen MR) is 97.3 cm³/mol. The lowest BCUT2D eigenvalue weighted by Crippen LogP contribution is -2.41. The second-order valence-corrected chi connectivity index (χ2v) is 9.23. The van der Waals surface area contributed by atoms with Gasteiger partial charge in [0.15, 0.2) is 5.79 Å². The smallest absolute Gasteiger partial charge is 0.183 e. The van der Waals surface area contributed by atoms with Crippen molar-refractivity contribution in [3.05, 3.63) is 16.8 Å². The van der Waals surface area contributed by atoms with E-state index >= 15 is 0 Å². The Bertz CT molecular complexity index is 485.